The topological polar surface area (TPSA) is 55.6 Å². The molecule has 1 fully saturated rings. The molecule has 21 heavy (non-hydrogen) atoms. The summed E-state index contributed by atoms with van der Waals surface area (Å²) < 4.78 is 4.99. The van der Waals surface area contributed by atoms with Crippen LogP contribution >= 0.6 is 11.6 Å². The molecule has 0 aliphatic carbocycles. The maximum absolute atomic E-state index is 11.5. The molecule has 0 spiro atoms. The van der Waals surface area contributed by atoms with Crippen LogP contribution in [0.3, 0.4) is 0 Å². The molecular weight excluding hydrogens is 288 g/mol. The zero-order valence-electron chi connectivity index (χ0n) is 12.4. The summed E-state index contributed by atoms with van der Waals surface area (Å²) in [6.07, 6.45) is 2.24. The first-order chi connectivity index (χ1) is 10.1. The van der Waals surface area contributed by atoms with Gasteiger partial charge in [0.1, 0.15) is 0 Å². The number of benzene rings is 1. The molecule has 1 heterocycles. The summed E-state index contributed by atoms with van der Waals surface area (Å²) in [6.45, 7) is 4.01. The van der Waals surface area contributed by atoms with E-state index in [2.05, 4.69) is 4.90 Å². The van der Waals surface area contributed by atoms with Crippen LogP contribution in [-0.2, 0) is 9.53 Å². The third-order valence-corrected chi connectivity index (χ3v) is 4.04. The van der Waals surface area contributed by atoms with Gasteiger partial charge in [-0.3, -0.25) is 4.79 Å². The van der Waals surface area contributed by atoms with Crippen LogP contribution in [0, 0.1) is 5.92 Å². The van der Waals surface area contributed by atoms with Gasteiger partial charge in [0.15, 0.2) is 0 Å². The first-order valence-corrected chi connectivity index (χ1v) is 7.88. The van der Waals surface area contributed by atoms with E-state index in [-0.39, 0.29) is 12.0 Å². The average molecular weight is 311 g/mol. The first-order valence-electron chi connectivity index (χ1n) is 7.50. The number of piperidine rings is 1. The first kappa shape index (κ1) is 16.1. The second kappa shape index (κ2) is 7.66. The van der Waals surface area contributed by atoms with Crippen molar-refractivity contribution in [2.24, 2.45) is 11.7 Å². The fourth-order valence-corrected chi connectivity index (χ4v) is 3.08. The number of halogens is 1. The zero-order valence-corrected chi connectivity index (χ0v) is 13.2. The van der Waals surface area contributed by atoms with E-state index in [0.717, 1.165) is 36.6 Å². The molecule has 0 amide bonds. The van der Waals surface area contributed by atoms with Gasteiger partial charge in [-0.1, -0.05) is 17.7 Å². The van der Waals surface area contributed by atoms with Crippen molar-refractivity contribution >= 4 is 23.3 Å². The molecular formula is C16H23ClN2O2. The van der Waals surface area contributed by atoms with E-state index in [1.54, 1.807) is 0 Å². The highest BCUT2D eigenvalue weighted by Crippen LogP contribution is 2.27. The minimum absolute atomic E-state index is 0.119. The number of esters is 1. The van der Waals surface area contributed by atoms with Crippen molar-refractivity contribution in [1.82, 2.24) is 0 Å². The smallest absolute Gasteiger partial charge is 0.305 e. The highest BCUT2D eigenvalue weighted by molar-refractivity contribution is 6.30. The highest BCUT2D eigenvalue weighted by atomic mass is 35.5. The Labute approximate surface area is 131 Å². The van der Waals surface area contributed by atoms with Crippen LogP contribution in [0.4, 0.5) is 5.69 Å². The normalized spacial score (nSPS) is 22.1. The van der Waals surface area contributed by atoms with Gasteiger partial charge in [-0.15, -0.1) is 0 Å². The predicted octanol–water partition coefficient (Wildman–Crippen LogP) is 2.84. The van der Waals surface area contributed by atoms with Gasteiger partial charge >= 0.3 is 5.97 Å². The fourth-order valence-electron chi connectivity index (χ4n) is 2.89. The number of hydrogen-bond acceptors (Lipinski definition) is 4. The molecule has 1 saturated heterocycles. The molecule has 4 nitrogen and oxygen atoms in total. The highest BCUT2D eigenvalue weighted by Gasteiger charge is 2.25. The third kappa shape index (κ3) is 4.90. The van der Waals surface area contributed by atoms with E-state index in [1.165, 1.54) is 0 Å². The summed E-state index contributed by atoms with van der Waals surface area (Å²) in [6, 6.07) is 7.96. The molecule has 2 N–H and O–H groups in total. The molecule has 2 rings (SSSR count). The maximum atomic E-state index is 11.5. The van der Waals surface area contributed by atoms with Crippen molar-refractivity contribution in [3.05, 3.63) is 29.3 Å². The Balaban J connectivity index is 1.94. The second-order valence-corrected chi connectivity index (χ2v) is 6.03. The van der Waals surface area contributed by atoms with Gasteiger partial charge < -0.3 is 15.4 Å². The van der Waals surface area contributed by atoms with Crippen molar-refractivity contribution < 1.29 is 9.53 Å². The molecule has 0 bridgehead atoms. The average Bonchev–Trinajstić information content (AvgIpc) is 2.45. The predicted molar refractivity (Wildman–Crippen MR) is 85.6 cm³/mol. The maximum Gasteiger partial charge on any atom is 0.305 e. The summed E-state index contributed by atoms with van der Waals surface area (Å²) in [7, 11) is 0. The Morgan fingerprint density at radius 3 is 3.00 bits per heavy atom. The Morgan fingerprint density at radius 2 is 2.29 bits per heavy atom. The number of nitrogens with zero attached hydrogens (tertiary/aromatic N) is 1. The lowest BCUT2D eigenvalue weighted by Gasteiger charge is -2.38. The Morgan fingerprint density at radius 1 is 1.48 bits per heavy atom. The largest absolute Gasteiger partial charge is 0.466 e. The van der Waals surface area contributed by atoms with Gasteiger partial charge in [-0.2, -0.15) is 0 Å². The number of carbonyl (C=O) groups excluding carboxylic acids is 1. The lowest BCUT2D eigenvalue weighted by atomic mass is 9.90. The number of hydrogen-bond donors (Lipinski definition) is 1. The van der Waals surface area contributed by atoms with Crippen molar-refractivity contribution in [2.75, 3.05) is 24.6 Å². The van der Waals surface area contributed by atoms with Crippen LogP contribution in [0.2, 0.25) is 5.02 Å². The molecule has 116 valence electrons. The Hall–Kier alpha value is -1.26. The third-order valence-electron chi connectivity index (χ3n) is 3.80. The minimum Gasteiger partial charge on any atom is -0.466 e. The summed E-state index contributed by atoms with van der Waals surface area (Å²) in [5, 5.41) is 0.731. The SMILES string of the molecule is CCOC(=O)CCC1CC(N)CN(c2cccc(Cl)c2)C1. The number of rotatable bonds is 5. The van der Waals surface area contributed by atoms with Crippen LogP contribution < -0.4 is 10.6 Å². The Kier molecular flexibility index (Phi) is 5.88. The molecule has 1 aromatic carbocycles. The van der Waals surface area contributed by atoms with E-state index < -0.39 is 0 Å². The molecule has 0 saturated carbocycles. The quantitative estimate of drug-likeness (QED) is 0.850. The van der Waals surface area contributed by atoms with Gasteiger partial charge in [0.25, 0.3) is 0 Å². The van der Waals surface area contributed by atoms with E-state index in [9.17, 15) is 4.79 Å². The Bertz CT molecular complexity index is 481. The van der Waals surface area contributed by atoms with Crippen LogP contribution in [0.1, 0.15) is 26.2 Å². The van der Waals surface area contributed by atoms with Gasteiger partial charge in [0.2, 0.25) is 0 Å². The molecule has 1 aromatic rings. The van der Waals surface area contributed by atoms with E-state index in [4.69, 9.17) is 22.1 Å². The van der Waals surface area contributed by atoms with Crippen LogP contribution in [0.15, 0.2) is 24.3 Å². The van der Waals surface area contributed by atoms with Crippen molar-refractivity contribution in [3.8, 4) is 0 Å². The van der Waals surface area contributed by atoms with Crippen molar-refractivity contribution in [1.29, 1.82) is 0 Å². The van der Waals surface area contributed by atoms with Crippen LogP contribution in [0.5, 0.6) is 0 Å². The van der Waals surface area contributed by atoms with Gasteiger partial charge in [0, 0.05) is 36.3 Å². The number of ether oxygens (including phenoxy) is 1. The van der Waals surface area contributed by atoms with E-state index in [1.807, 2.05) is 31.2 Å². The summed E-state index contributed by atoms with van der Waals surface area (Å²) in [4.78, 5) is 13.7. The molecule has 2 unspecified atom stereocenters. The van der Waals surface area contributed by atoms with Crippen LogP contribution in [-0.4, -0.2) is 31.7 Å². The zero-order chi connectivity index (χ0) is 15.2. The van der Waals surface area contributed by atoms with E-state index in [0.29, 0.717) is 18.9 Å². The summed E-state index contributed by atoms with van der Waals surface area (Å²) in [5.41, 5.74) is 7.26. The summed E-state index contributed by atoms with van der Waals surface area (Å²) >= 11 is 6.06. The van der Waals surface area contributed by atoms with Gasteiger partial charge in [0.05, 0.1) is 6.61 Å². The van der Waals surface area contributed by atoms with Crippen molar-refractivity contribution in [3.63, 3.8) is 0 Å². The lowest BCUT2D eigenvalue weighted by molar-refractivity contribution is -0.143. The molecule has 0 aromatic heterocycles. The monoisotopic (exact) mass is 310 g/mol. The fraction of sp³-hybridized carbons (Fsp3) is 0.562. The minimum atomic E-state index is -0.119. The van der Waals surface area contributed by atoms with Gasteiger partial charge in [-0.25, -0.2) is 0 Å². The second-order valence-electron chi connectivity index (χ2n) is 5.59. The lowest BCUT2D eigenvalue weighted by Crippen LogP contribution is -2.47. The summed E-state index contributed by atoms with van der Waals surface area (Å²) in [5.74, 6) is 0.295. The molecule has 1 aliphatic rings. The molecule has 1 aliphatic heterocycles. The molecule has 0 radical (unpaired) electrons. The molecule has 2 atom stereocenters. The van der Waals surface area contributed by atoms with Crippen molar-refractivity contribution in [2.45, 2.75) is 32.2 Å². The standard InChI is InChI=1S/C16H23ClN2O2/c1-2-21-16(20)7-6-12-8-14(18)11-19(10-12)15-5-3-4-13(17)9-15/h3-5,9,12,14H,2,6-8,10-11,18H2,1H3. The van der Waals surface area contributed by atoms with E-state index >= 15 is 0 Å². The number of nitrogens with two attached hydrogens (primary N) is 1. The molecule has 5 heteroatoms. The van der Waals surface area contributed by atoms with Gasteiger partial charge in [-0.05, 0) is 43.9 Å². The van der Waals surface area contributed by atoms with Crippen LogP contribution in [0.25, 0.3) is 0 Å². The number of anilines is 1. The number of carbonyl (C=O) groups is 1.